The largest absolute Gasteiger partial charge is 0.357 e. The third kappa shape index (κ3) is 0.948. The second kappa shape index (κ2) is 2.55. The molecule has 0 amide bonds. The first-order valence-electron chi connectivity index (χ1n) is 3.48. The molecular formula is C8H6BrFN2. The lowest BCUT2D eigenvalue weighted by molar-refractivity contribution is 0.639. The molecule has 62 valence electrons. The number of aromatic amines is 1. The maximum absolute atomic E-state index is 13.1. The number of aryl methyl sites for hydroxylation is 1. The fraction of sp³-hybridized carbons (Fsp3) is 0.125. The normalized spacial score (nSPS) is 10.9. The smallest absolute Gasteiger partial charge is 0.149 e. The summed E-state index contributed by atoms with van der Waals surface area (Å²) in [7, 11) is 0. The summed E-state index contributed by atoms with van der Waals surface area (Å²) in [6.07, 6.45) is 2.94. The fourth-order valence-corrected chi connectivity index (χ4v) is 1.69. The van der Waals surface area contributed by atoms with E-state index in [0.29, 0.717) is 9.86 Å². The predicted molar refractivity (Wildman–Crippen MR) is 48.5 cm³/mol. The molecule has 0 saturated carbocycles. The predicted octanol–water partition coefficient (Wildman–Crippen LogP) is 2.77. The Morgan fingerprint density at radius 3 is 3.00 bits per heavy atom. The maximum atomic E-state index is 13.1. The van der Waals surface area contributed by atoms with E-state index in [1.165, 1.54) is 6.20 Å². The number of halogens is 2. The van der Waals surface area contributed by atoms with Crippen molar-refractivity contribution in [2.75, 3.05) is 0 Å². The van der Waals surface area contributed by atoms with E-state index in [1.807, 2.05) is 6.92 Å². The van der Waals surface area contributed by atoms with E-state index in [9.17, 15) is 4.39 Å². The molecule has 2 heterocycles. The second-order valence-electron chi connectivity index (χ2n) is 2.58. The van der Waals surface area contributed by atoms with E-state index in [0.717, 1.165) is 11.2 Å². The lowest BCUT2D eigenvalue weighted by atomic mass is 10.2. The third-order valence-corrected chi connectivity index (χ3v) is 2.41. The topological polar surface area (TPSA) is 28.7 Å². The van der Waals surface area contributed by atoms with Crippen molar-refractivity contribution in [1.82, 2.24) is 9.97 Å². The van der Waals surface area contributed by atoms with Gasteiger partial charge in [0.05, 0.1) is 16.6 Å². The Balaban J connectivity index is 2.98. The third-order valence-electron chi connectivity index (χ3n) is 1.80. The van der Waals surface area contributed by atoms with E-state index >= 15 is 0 Å². The minimum atomic E-state index is -0.248. The number of fused-ring (bicyclic) bond motifs is 1. The summed E-state index contributed by atoms with van der Waals surface area (Å²) in [5.41, 5.74) is 1.55. The van der Waals surface area contributed by atoms with Crippen molar-refractivity contribution in [3.8, 4) is 0 Å². The number of hydrogen-bond donors (Lipinski definition) is 1. The van der Waals surface area contributed by atoms with Gasteiger partial charge < -0.3 is 4.98 Å². The van der Waals surface area contributed by atoms with E-state index in [-0.39, 0.29) is 5.82 Å². The Labute approximate surface area is 76.9 Å². The fourth-order valence-electron chi connectivity index (χ4n) is 1.20. The summed E-state index contributed by atoms with van der Waals surface area (Å²) in [4.78, 5) is 6.90. The van der Waals surface area contributed by atoms with E-state index in [1.54, 1.807) is 6.20 Å². The van der Waals surface area contributed by atoms with E-state index in [4.69, 9.17) is 0 Å². The van der Waals surface area contributed by atoms with E-state index in [2.05, 4.69) is 25.9 Å². The van der Waals surface area contributed by atoms with Crippen LogP contribution in [0.3, 0.4) is 0 Å². The first-order chi connectivity index (χ1) is 5.70. The molecule has 0 spiro atoms. The van der Waals surface area contributed by atoms with Crippen molar-refractivity contribution in [2.24, 2.45) is 0 Å². The van der Waals surface area contributed by atoms with E-state index < -0.39 is 0 Å². The number of nitrogens with zero attached hydrogens (tertiary/aromatic N) is 1. The maximum Gasteiger partial charge on any atom is 0.149 e. The van der Waals surface area contributed by atoms with Crippen molar-refractivity contribution in [2.45, 2.75) is 6.92 Å². The van der Waals surface area contributed by atoms with Crippen LogP contribution in [-0.2, 0) is 0 Å². The van der Waals surface area contributed by atoms with Crippen LogP contribution in [0.25, 0.3) is 10.9 Å². The van der Waals surface area contributed by atoms with Crippen molar-refractivity contribution in [1.29, 1.82) is 0 Å². The summed E-state index contributed by atoms with van der Waals surface area (Å²) in [5.74, 6) is -0.248. The molecule has 0 aliphatic carbocycles. The van der Waals surface area contributed by atoms with Crippen molar-refractivity contribution < 1.29 is 4.39 Å². The molecule has 0 unspecified atom stereocenters. The molecule has 1 N–H and O–H groups in total. The highest BCUT2D eigenvalue weighted by Crippen LogP contribution is 2.26. The van der Waals surface area contributed by atoms with Crippen LogP contribution in [0.1, 0.15) is 5.69 Å². The van der Waals surface area contributed by atoms with Crippen LogP contribution in [0.15, 0.2) is 16.9 Å². The molecule has 0 fully saturated rings. The molecule has 4 heteroatoms. The molecule has 0 bridgehead atoms. The van der Waals surface area contributed by atoms with Crippen molar-refractivity contribution in [3.63, 3.8) is 0 Å². The van der Waals surface area contributed by atoms with Crippen molar-refractivity contribution >= 4 is 26.8 Å². The van der Waals surface area contributed by atoms with Gasteiger partial charge in [0.25, 0.3) is 0 Å². The molecule has 2 aromatic rings. The zero-order valence-electron chi connectivity index (χ0n) is 6.36. The Morgan fingerprint density at radius 2 is 2.33 bits per heavy atom. The molecular weight excluding hydrogens is 223 g/mol. The van der Waals surface area contributed by atoms with Crippen LogP contribution in [0.2, 0.25) is 0 Å². The zero-order valence-corrected chi connectivity index (χ0v) is 7.94. The van der Waals surface area contributed by atoms with Crippen LogP contribution in [0.4, 0.5) is 4.39 Å². The van der Waals surface area contributed by atoms with Crippen LogP contribution in [0.5, 0.6) is 0 Å². The average molecular weight is 229 g/mol. The van der Waals surface area contributed by atoms with Gasteiger partial charge in [-0.05, 0) is 22.9 Å². The van der Waals surface area contributed by atoms with Gasteiger partial charge in [-0.25, -0.2) is 4.39 Å². The van der Waals surface area contributed by atoms with Crippen LogP contribution in [-0.4, -0.2) is 9.97 Å². The number of rotatable bonds is 0. The molecule has 0 aliphatic heterocycles. The lowest BCUT2D eigenvalue weighted by Gasteiger charge is -1.96. The van der Waals surface area contributed by atoms with Gasteiger partial charge in [0.15, 0.2) is 0 Å². The van der Waals surface area contributed by atoms with Gasteiger partial charge in [-0.15, -0.1) is 0 Å². The van der Waals surface area contributed by atoms with Gasteiger partial charge in [0.1, 0.15) is 5.82 Å². The van der Waals surface area contributed by atoms with Crippen LogP contribution in [0, 0.1) is 12.7 Å². The monoisotopic (exact) mass is 228 g/mol. The number of nitrogens with one attached hydrogen (secondary N) is 1. The summed E-state index contributed by atoms with van der Waals surface area (Å²) < 4.78 is 13.8. The van der Waals surface area contributed by atoms with Gasteiger partial charge in [-0.3, -0.25) is 4.98 Å². The second-order valence-corrected chi connectivity index (χ2v) is 3.43. The summed E-state index contributed by atoms with van der Waals surface area (Å²) in [6.45, 7) is 1.84. The van der Waals surface area contributed by atoms with Gasteiger partial charge in [0.2, 0.25) is 0 Å². The first-order valence-corrected chi connectivity index (χ1v) is 4.27. The molecule has 2 rings (SSSR count). The highest BCUT2D eigenvalue weighted by atomic mass is 79.9. The summed E-state index contributed by atoms with van der Waals surface area (Å²) >= 11 is 3.24. The molecule has 0 radical (unpaired) electrons. The first kappa shape index (κ1) is 7.73. The Hall–Kier alpha value is -0.900. The van der Waals surface area contributed by atoms with Gasteiger partial charge in [0, 0.05) is 16.9 Å². The summed E-state index contributed by atoms with van der Waals surface area (Å²) in [6, 6.07) is 0. The van der Waals surface area contributed by atoms with Crippen molar-refractivity contribution in [3.05, 3.63) is 28.4 Å². The Bertz CT molecular complexity index is 436. The standard InChI is InChI=1S/C8H6BrFN2/c1-4-8-7(5(9)2-11-4)6(10)3-12-8/h2-3,12H,1H3. The van der Waals surface area contributed by atoms with Gasteiger partial charge in [-0.2, -0.15) is 0 Å². The zero-order chi connectivity index (χ0) is 8.72. The molecule has 0 atom stereocenters. The number of hydrogen-bond acceptors (Lipinski definition) is 1. The highest BCUT2D eigenvalue weighted by molar-refractivity contribution is 9.10. The number of H-pyrrole nitrogens is 1. The Morgan fingerprint density at radius 1 is 1.58 bits per heavy atom. The molecule has 0 aromatic carbocycles. The number of pyridine rings is 1. The van der Waals surface area contributed by atoms with Crippen LogP contribution < -0.4 is 0 Å². The average Bonchev–Trinajstić information content (AvgIpc) is 2.42. The molecule has 12 heavy (non-hydrogen) atoms. The minimum Gasteiger partial charge on any atom is -0.357 e. The quantitative estimate of drug-likeness (QED) is 0.739. The lowest BCUT2D eigenvalue weighted by Crippen LogP contribution is -1.83. The minimum absolute atomic E-state index is 0.248. The highest BCUT2D eigenvalue weighted by Gasteiger charge is 2.08. The molecule has 0 saturated heterocycles. The van der Waals surface area contributed by atoms with Crippen LogP contribution >= 0.6 is 15.9 Å². The summed E-state index contributed by atoms with van der Waals surface area (Å²) in [5, 5.41) is 0.572. The molecule has 2 nitrogen and oxygen atoms in total. The molecule has 0 aliphatic rings. The van der Waals surface area contributed by atoms with Gasteiger partial charge >= 0.3 is 0 Å². The Kier molecular flexibility index (Phi) is 1.65. The van der Waals surface area contributed by atoms with Gasteiger partial charge in [-0.1, -0.05) is 0 Å². The number of aromatic nitrogens is 2. The molecule has 2 aromatic heterocycles. The SMILES string of the molecule is Cc1ncc(Br)c2c(F)c[nH]c12.